The Hall–Kier alpha value is -3.74. The average Bonchev–Trinajstić information content (AvgIpc) is 3.49. The summed E-state index contributed by atoms with van der Waals surface area (Å²) < 4.78 is 0. The second-order valence-electron chi connectivity index (χ2n) is 9.49. The molecule has 3 amide bonds. The average molecular weight is 505 g/mol. The molecule has 4 unspecified atom stereocenters. The van der Waals surface area contributed by atoms with Crippen molar-refractivity contribution in [3.05, 3.63) is 36.4 Å². The van der Waals surface area contributed by atoms with Crippen molar-refractivity contribution < 1.29 is 24.3 Å². The Morgan fingerprint density at radius 3 is 1.83 bits per heavy atom. The minimum Gasteiger partial charge on any atom is -0.480 e. The highest BCUT2D eigenvalue weighted by Gasteiger charge is 2.32. The van der Waals surface area contributed by atoms with Crippen molar-refractivity contribution in [1.82, 2.24) is 35.9 Å². The molecule has 0 aliphatic carbocycles. The Balaban J connectivity index is 2.14. The minimum atomic E-state index is -1.23. The summed E-state index contributed by atoms with van der Waals surface area (Å²) in [5, 5.41) is 17.4. The first-order chi connectivity index (χ1) is 17.0. The molecule has 36 heavy (non-hydrogen) atoms. The van der Waals surface area contributed by atoms with Gasteiger partial charge in [-0.2, -0.15) is 0 Å². The zero-order valence-electron chi connectivity index (χ0n) is 20.9. The lowest BCUT2D eigenvalue weighted by atomic mass is 10.0. The van der Waals surface area contributed by atoms with Gasteiger partial charge in [0.05, 0.1) is 18.7 Å². The summed E-state index contributed by atoms with van der Waals surface area (Å²) in [6, 6.07) is -4.12. The molecule has 0 saturated heterocycles. The highest BCUT2D eigenvalue weighted by atomic mass is 16.4. The van der Waals surface area contributed by atoms with Gasteiger partial charge in [-0.25, -0.2) is 14.8 Å². The van der Waals surface area contributed by atoms with E-state index in [1.807, 2.05) is 13.8 Å². The fourth-order valence-electron chi connectivity index (χ4n) is 3.59. The first-order valence-electron chi connectivity index (χ1n) is 11.8. The quantitative estimate of drug-likeness (QED) is 0.178. The molecule has 2 aromatic heterocycles. The lowest BCUT2D eigenvalue weighted by Crippen LogP contribution is -2.59. The van der Waals surface area contributed by atoms with E-state index in [1.54, 1.807) is 13.8 Å². The predicted octanol–water partition coefficient (Wildman–Crippen LogP) is -0.514. The highest BCUT2D eigenvalue weighted by Crippen LogP contribution is 2.08. The second kappa shape index (κ2) is 13.4. The van der Waals surface area contributed by atoms with Crippen LogP contribution in [0.15, 0.2) is 25.0 Å². The molecule has 0 aliphatic heterocycles. The molecule has 198 valence electrons. The Morgan fingerprint density at radius 1 is 0.861 bits per heavy atom. The lowest BCUT2D eigenvalue weighted by Gasteiger charge is -2.27. The number of nitrogens with zero attached hydrogens (tertiary/aromatic N) is 2. The number of aliphatic carboxylic acids is 1. The maximum absolute atomic E-state index is 13.2. The maximum atomic E-state index is 13.2. The number of hydrogen-bond acceptors (Lipinski definition) is 7. The van der Waals surface area contributed by atoms with E-state index in [2.05, 4.69) is 35.9 Å². The van der Waals surface area contributed by atoms with Crippen LogP contribution in [-0.4, -0.2) is 72.9 Å². The second-order valence-corrected chi connectivity index (χ2v) is 9.49. The molecule has 13 heteroatoms. The largest absolute Gasteiger partial charge is 0.480 e. The van der Waals surface area contributed by atoms with Crippen LogP contribution in [0.4, 0.5) is 0 Å². The lowest BCUT2D eigenvalue weighted by molar-refractivity contribution is -0.142. The number of nitrogens with one attached hydrogen (secondary N) is 5. The zero-order chi connectivity index (χ0) is 26.8. The monoisotopic (exact) mass is 504 g/mol. The number of carboxylic acid groups (broad SMARTS) is 1. The predicted molar refractivity (Wildman–Crippen MR) is 130 cm³/mol. The van der Waals surface area contributed by atoms with Gasteiger partial charge in [-0.05, 0) is 18.3 Å². The number of carbonyl (C=O) groups excluding carboxylic acids is 3. The van der Waals surface area contributed by atoms with Crippen LogP contribution in [0.3, 0.4) is 0 Å². The summed E-state index contributed by atoms with van der Waals surface area (Å²) >= 11 is 0. The first-order valence-corrected chi connectivity index (χ1v) is 11.8. The molecule has 4 atom stereocenters. The Labute approximate surface area is 209 Å². The normalized spacial score (nSPS) is 14.6. The Bertz CT molecular complexity index is 990. The van der Waals surface area contributed by atoms with Gasteiger partial charge < -0.3 is 36.8 Å². The van der Waals surface area contributed by atoms with Crippen molar-refractivity contribution in [3.8, 4) is 0 Å². The van der Waals surface area contributed by atoms with Gasteiger partial charge in [0.25, 0.3) is 0 Å². The van der Waals surface area contributed by atoms with Crippen LogP contribution in [-0.2, 0) is 32.0 Å². The van der Waals surface area contributed by atoms with Crippen molar-refractivity contribution in [1.29, 1.82) is 0 Å². The van der Waals surface area contributed by atoms with E-state index < -0.39 is 47.9 Å². The number of nitrogens with two attached hydrogens (primary N) is 1. The summed E-state index contributed by atoms with van der Waals surface area (Å²) in [5.74, 6) is -3.17. The van der Waals surface area contributed by atoms with E-state index in [0.29, 0.717) is 17.8 Å². The standard InChI is InChI=1S/C23H36N8O5/c1-12(2)5-16(24)20(32)29-17(6-14-8-25-10-27-14)21(33)31-19(13(3)4)22(34)30-18(23(35)36)7-15-9-26-11-28-15/h8-13,16-19H,5-7,24H2,1-4H3,(H,25,27)(H,26,28)(H,29,32)(H,30,34)(H,31,33)(H,35,36). The molecular weight excluding hydrogens is 468 g/mol. The van der Waals surface area contributed by atoms with Crippen LogP contribution < -0.4 is 21.7 Å². The molecule has 2 aromatic rings. The fraction of sp³-hybridized carbons (Fsp3) is 0.565. The molecule has 2 rings (SSSR count). The van der Waals surface area contributed by atoms with Gasteiger partial charge in [-0.1, -0.05) is 27.7 Å². The van der Waals surface area contributed by atoms with Crippen LogP contribution in [0.25, 0.3) is 0 Å². The molecule has 0 fully saturated rings. The maximum Gasteiger partial charge on any atom is 0.326 e. The van der Waals surface area contributed by atoms with Gasteiger partial charge in [0, 0.05) is 36.6 Å². The third-order valence-electron chi connectivity index (χ3n) is 5.51. The van der Waals surface area contributed by atoms with E-state index in [1.165, 1.54) is 25.0 Å². The van der Waals surface area contributed by atoms with E-state index >= 15 is 0 Å². The molecule has 0 spiro atoms. The van der Waals surface area contributed by atoms with Crippen LogP contribution in [0.5, 0.6) is 0 Å². The van der Waals surface area contributed by atoms with Crippen molar-refractivity contribution in [2.75, 3.05) is 0 Å². The smallest absolute Gasteiger partial charge is 0.326 e. The van der Waals surface area contributed by atoms with Gasteiger partial charge >= 0.3 is 5.97 Å². The summed E-state index contributed by atoms with van der Waals surface area (Å²) in [7, 11) is 0. The summed E-state index contributed by atoms with van der Waals surface area (Å²) in [6.45, 7) is 7.31. The number of H-pyrrole nitrogens is 2. The van der Waals surface area contributed by atoms with Gasteiger partial charge in [0.15, 0.2) is 0 Å². The molecule has 0 radical (unpaired) electrons. The van der Waals surface area contributed by atoms with Gasteiger partial charge in [-0.15, -0.1) is 0 Å². The Kier molecular flexibility index (Phi) is 10.6. The molecule has 0 bridgehead atoms. The van der Waals surface area contributed by atoms with E-state index in [0.717, 1.165) is 0 Å². The SMILES string of the molecule is CC(C)CC(N)C(=O)NC(Cc1cnc[nH]1)C(=O)NC(C(=O)NC(Cc1cnc[nH]1)C(=O)O)C(C)C. The number of aromatic nitrogens is 4. The number of carbonyl (C=O) groups is 4. The molecular formula is C23H36N8O5. The van der Waals surface area contributed by atoms with E-state index in [-0.39, 0.29) is 24.7 Å². The summed E-state index contributed by atoms with van der Waals surface area (Å²) in [4.78, 5) is 64.1. The number of rotatable bonds is 14. The van der Waals surface area contributed by atoms with Crippen molar-refractivity contribution in [2.24, 2.45) is 17.6 Å². The number of imidazole rings is 2. The summed E-state index contributed by atoms with van der Waals surface area (Å²) in [6.07, 6.45) is 6.38. The fourth-order valence-corrected chi connectivity index (χ4v) is 3.59. The van der Waals surface area contributed by atoms with Crippen LogP contribution in [0.2, 0.25) is 0 Å². The topological polar surface area (TPSA) is 208 Å². The van der Waals surface area contributed by atoms with Crippen molar-refractivity contribution >= 4 is 23.7 Å². The third kappa shape index (κ3) is 8.80. The molecule has 0 aromatic carbocycles. The van der Waals surface area contributed by atoms with Crippen molar-refractivity contribution in [3.63, 3.8) is 0 Å². The van der Waals surface area contributed by atoms with Gasteiger partial charge in [-0.3, -0.25) is 14.4 Å². The molecule has 0 saturated carbocycles. The molecule has 0 aliphatic rings. The van der Waals surface area contributed by atoms with Crippen LogP contribution in [0, 0.1) is 11.8 Å². The van der Waals surface area contributed by atoms with Gasteiger partial charge in [0.1, 0.15) is 18.1 Å². The first kappa shape index (κ1) is 28.5. The summed E-state index contributed by atoms with van der Waals surface area (Å²) in [5.41, 5.74) is 7.12. The molecule has 13 nitrogen and oxygen atoms in total. The highest BCUT2D eigenvalue weighted by molar-refractivity contribution is 5.94. The molecule has 8 N–H and O–H groups in total. The molecule has 2 heterocycles. The number of hydrogen-bond donors (Lipinski definition) is 7. The van der Waals surface area contributed by atoms with Gasteiger partial charge in [0.2, 0.25) is 17.7 Å². The number of amides is 3. The van der Waals surface area contributed by atoms with E-state index in [4.69, 9.17) is 5.73 Å². The van der Waals surface area contributed by atoms with E-state index in [9.17, 15) is 24.3 Å². The Morgan fingerprint density at radius 2 is 1.39 bits per heavy atom. The number of carboxylic acids is 1. The van der Waals surface area contributed by atoms with Crippen LogP contribution >= 0.6 is 0 Å². The number of aromatic amines is 2. The third-order valence-corrected chi connectivity index (χ3v) is 5.51. The van der Waals surface area contributed by atoms with Crippen LogP contribution in [0.1, 0.15) is 45.5 Å². The minimum absolute atomic E-state index is 0.00786. The van der Waals surface area contributed by atoms with Crippen molar-refractivity contribution in [2.45, 2.75) is 71.1 Å². The zero-order valence-corrected chi connectivity index (χ0v) is 20.9.